The molecule has 0 saturated heterocycles. The average Bonchev–Trinajstić information content (AvgIpc) is 2.79. The summed E-state index contributed by atoms with van der Waals surface area (Å²) in [6.45, 7) is 0.395. The molecule has 0 bridgehead atoms. The van der Waals surface area contributed by atoms with E-state index in [-0.39, 0.29) is 5.52 Å². The van der Waals surface area contributed by atoms with Crippen molar-refractivity contribution in [3.8, 4) is 0 Å². The monoisotopic (exact) mass is 307 g/mol. The molecule has 3 rings (SSSR count). The van der Waals surface area contributed by atoms with E-state index >= 15 is 0 Å². The second-order valence-corrected chi connectivity index (χ2v) is 5.01. The van der Waals surface area contributed by atoms with Gasteiger partial charge in [0, 0.05) is 24.6 Å². The normalized spacial score (nSPS) is 11.2. The van der Waals surface area contributed by atoms with Crippen LogP contribution in [0.3, 0.4) is 0 Å². The van der Waals surface area contributed by atoms with Crippen LogP contribution >= 0.6 is 11.6 Å². The highest BCUT2D eigenvalue weighted by molar-refractivity contribution is 6.17. The number of hydrogen-bond donors (Lipinski definition) is 0. The van der Waals surface area contributed by atoms with E-state index < -0.39 is 11.6 Å². The highest BCUT2D eigenvalue weighted by Gasteiger charge is 2.15. The van der Waals surface area contributed by atoms with E-state index in [2.05, 4.69) is 9.97 Å². The molecule has 0 amide bonds. The third kappa shape index (κ3) is 2.74. The molecule has 21 heavy (non-hydrogen) atoms. The lowest BCUT2D eigenvalue weighted by Gasteiger charge is -2.08. The number of aromatic nitrogens is 3. The molecule has 3 nitrogen and oxygen atoms in total. The summed E-state index contributed by atoms with van der Waals surface area (Å²) in [5, 5.41) is 0. The fraction of sp³-hybridized carbons (Fsp3) is 0.200. The molecule has 0 aliphatic heterocycles. The van der Waals surface area contributed by atoms with Gasteiger partial charge in [0.2, 0.25) is 0 Å². The van der Waals surface area contributed by atoms with E-state index in [0.29, 0.717) is 30.2 Å². The zero-order chi connectivity index (χ0) is 14.8. The number of alkyl halides is 1. The van der Waals surface area contributed by atoms with E-state index in [4.69, 9.17) is 11.6 Å². The molecule has 0 atom stereocenters. The van der Waals surface area contributed by atoms with Gasteiger partial charge >= 0.3 is 0 Å². The van der Waals surface area contributed by atoms with Gasteiger partial charge in [-0.2, -0.15) is 0 Å². The van der Waals surface area contributed by atoms with Crippen molar-refractivity contribution in [1.29, 1.82) is 0 Å². The number of nitrogens with zero attached hydrogens (tertiary/aromatic N) is 3. The summed E-state index contributed by atoms with van der Waals surface area (Å²) in [6.07, 6.45) is 2.15. The van der Waals surface area contributed by atoms with Crippen LogP contribution in [0, 0.1) is 11.6 Å². The van der Waals surface area contributed by atoms with Crippen molar-refractivity contribution >= 4 is 22.6 Å². The Morgan fingerprint density at radius 3 is 2.76 bits per heavy atom. The number of halogens is 3. The lowest BCUT2D eigenvalue weighted by Crippen LogP contribution is -2.07. The summed E-state index contributed by atoms with van der Waals surface area (Å²) < 4.78 is 29.1. The van der Waals surface area contributed by atoms with Gasteiger partial charge in [0.15, 0.2) is 5.82 Å². The molecule has 0 saturated carbocycles. The van der Waals surface area contributed by atoms with Crippen LogP contribution in [0.1, 0.15) is 11.5 Å². The molecule has 0 fully saturated rings. The summed E-state index contributed by atoms with van der Waals surface area (Å²) in [5.41, 5.74) is 1.36. The second kappa shape index (κ2) is 5.77. The van der Waals surface area contributed by atoms with E-state index in [1.807, 2.05) is 18.2 Å². The topological polar surface area (TPSA) is 30.7 Å². The number of benzene rings is 1. The third-order valence-electron chi connectivity index (χ3n) is 3.22. The number of fused-ring (bicyclic) bond motifs is 1. The van der Waals surface area contributed by atoms with Gasteiger partial charge in [0.1, 0.15) is 17.2 Å². The Labute approximate surface area is 125 Å². The van der Waals surface area contributed by atoms with Gasteiger partial charge in [-0.3, -0.25) is 4.98 Å². The van der Waals surface area contributed by atoms with Crippen molar-refractivity contribution in [2.75, 3.05) is 5.88 Å². The lowest BCUT2D eigenvalue weighted by atomic mass is 10.3. The first-order chi connectivity index (χ1) is 10.2. The quantitative estimate of drug-likeness (QED) is 0.690. The van der Waals surface area contributed by atoms with Crippen molar-refractivity contribution < 1.29 is 8.78 Å². The fourth-order valence-electron chi connectivity index (χ4n) is 2.30. The SMILES string of the molecule is Fc1cc(F)c2nc(CCCl)n(Cc3ccccn3)c2c1. The minimum atomic E-state index is -0.666. The van der Waals surface area contributed by atoms with Gasteiger partial charge < -0.3 is 4.57 Å². The van der Waals surface area contributed by atoms with E-state index in [1.54, 1.807) is 10.8 Å². The predicted octanol–water partition coefficient (Wildman–Crippen LogP) is 3.54. The lowest BCUT2D eigenvalue weighted by molar-refractivity contribution is 0.590. The molecular formula is C15H12ClF2N3. The number of hydrogen-bond acceptors (Lipinski definition) is 2. The molecule has 3 aromatic rings. The van der Waals surface area contributed by atoms with Crippen molar-refractivity contribution in [2.45, 2.75) is 13.0 Å². The van der Waals surface area contributed by atoms with Crippen molar-refractivity contribution in [3.63, 3.8) is 0 Å². The molecule has 0 N–H and O–H groups in total. The van der Waals surface area contributed by atoms with Gasteiger partial charge in [-0.1, -0.05) is 6.07 Å². The van der Waals surface area contributed by atoms with Crippen LogP contribution in [0.15, 0.2) is 36.5 Å². The molecule has 0 aliphatic carbocycles. The van der Waals surface area contributed by atoms with Crippen molar-refractivity contribution in [1.82, 2.24) is 14.5 Å². The number of pyridine rings is 1. The van der Waals surface area contributed by atoms with Crippen LogP contribution in [0.25, 0.3) is 11.0 Å². The summed E-state index contributed by atoms with van der Waals surface area (Å²) in [6, 6.07) is 7.65. The Morgan fingerprint density at radius 2 is 2.05 bits per heavy atom. The smallest absolute Gasteiger partial charge is 0.153 e. The first-order valence-electron chi connectivity index (χ1n) is 6.49. The van der Waals surface area contributed by atoms with E-state index in [9.17, 15) is 8.78 Å². The standard InChI is InChI=1S/C15H12ClF2N3/c16-5-4-14-20-15-12(18)7-10(17)8-13(15)21(14)9-11-3-1-2-6-19-11/h1-3,6-8H,4-5,9H2. The van der Waals surface area contributed by atoms with Crippen LogP contribution in [-0.4, -0.2) is 20.4 Å². The summed E-state index contributed by atoms with van der Waals surface area (Å²) in [7, 11) is 0. The number of aryl methyl sites for hydroxylation is 1. The Morgan fingerprint density at radius 1 is 1.19 bits per heavy atom. The van der Waals surface area contributed by atoms with Gasteiger partial charge in [-0.05, 0) is 18.2 Å². The largest absolute Gasteiger partial charge is 0.322 e. The Kier molecular flexibility index (Phi) is 3.84. The molecule has 0 spiro atoms. The molecule has 2 aromatic heterocycles. The van der Waals surface area contributed by atoms with Crippen LogP contribution in [0.5, 0.6) is 0 Å². The molecule has 1 aromatic carbocycles. The van der Waals surface area contributed by atoms with Crippen LogP contribution < -0.4 is 0 Å². The van der Waals surface area contributed by atoms with Gasteiger partial charge in [0.25, 0.3) is 0 Å². The minimum Gasteiger partial charge on any atom is -0.322 e. The Bertz CT molecular complexity index is 771. The molecule has 0 radical (unpaired) electrons. The van der Waals surface area contributed by atoms with Gasteiger partial charge in [0.05, 0.1) is 17.8 Å². The van der Waals surface area contributed by atoms with Crippen LogP contribution in [-0.2, 0) is 13.0 Å². The van der Waals surface area contributed by atoms with Gasteiger partial charge in [-0.25, -0.2) is 13.8 Å². The van der Waals surface area contributed by atoms with Crippen molar-refractivity contribution in [2.24, 2.45) is 0 Å². The predicted molar refractivity (Wildman–Crippen MR) is 77.4 cm³/mol. The van der Waals surface area contributed by atoms with Crippen molar-refractivity contribution in [3.05, 3.63) is 59.7 Å². The van der Waals surface area contributed by atoms with Crippen LogP contribution in [0.2, 0.25) is 0 Å². The zero-order valence-electron chi connectivity index (χ0n) is 11.1. The maximum atomic E-state index is 13.9. The van der Waals surface area contributed by atoms with Crippen LogP contribution in [0.4, 0.5) is 8.78 Å². The van der Waals surface area contributed by atoms with E-state index in [0.717, 1.165) is 11.8 Å². The summed E-state index contributed by atoms with van der Waals surface area (Å²) in [5.74, 6) is -0.314. The Balaban J connectivity index is 2.16. The average molecular weight is 308 g/mol. The highest BCUT2D eigenvalue weighted by Crippen LogP contribution is 2.22. The first-order valence-corrected chi connectivity index (χ1v) is 7.02. The number of imidazole rings is 1. The fourth-order valence-corrected chi connectivity index (χ4v) is 2.47. The molecule has 108 valence electrons. The number of rotatable bonds is 4. The minimum absolute atomic E-state index is 0.160. The molecule has 0 unspecified atom stereocenters. The maximum Gasteiger partial charge on any atom is 0.153 e. The second-order valence-electron chi connectivity index (χ2n) is 4.63. The maximum absolute atomic E-state index is 13.9. The highest BCUT2D eigenvalue weighted by atomic mass is 35.5. The van der Waals surface area contributed by atoms with Gasteiger partial charge in [-0.15, -0.1) is 11.6 Å². The molecule has 6 heteroatoms. The van der Waals surface area contributed by atoms with E-state index in [1.165, 1.54) is 6.07 Å². The summed E-state index contributed by atoms with van der Waals surface area (Å²) in [4.78, 5) is 8.49. The zero-order valence-corrected chi connectivity index (χ0v) is 11.8. The third-order valence-corrected chi connectivity index (χ3v) is 3.40. The molecule has 0 aliphatic rings. The molecular weight excluding hydrogens is 296 g/mol. The summed E-state index contributed by atoms with van der Waals surface area (Å²) >= 11 is 5.77. The first kappa shape index (κ1) is 13.9. The molecule has 2 heterocycles. The Hall–Kier alpha value is -2.01.